The van der Waals surface area contributed by atoms with Crippen molar-refractivity contribution in [2.24, 2.45) is 0 Å². The van der Waals surface area contributed by atoms with Gasteiger partial charge in [0, 0.05) is 13.6 Å². The van der Waals surface area contributed by atoms with E-state index in [0.29, 0.717) is 4.67 Å². The van der Waals surface area contributed by atoms with Crippen LogP contribution in [0.15, 0.2) is 39.4 Å². The molecular formula is C20H23BrN2O3. The van der Waals surface area contributed by atoms with E-state index in [1.807, 2.05) is 4.90 Å². The number of benzene rings is 1. The van der Waals surface area contributed by atoms with E-state index in [0.717, 1.165) is 19.4 Å². The fourth-order valence-corrected chi connectivity index (χ4v) is 3.90. The van der Waals surface area contributed by atoms with E-state index in [-0.39, 0.29) is 30.2 Å². The first kappa shape index (κ1) is 18.7. The zero-order valence-electron chi connectivity index (χ0n) is 15.3. The second-order valence-electron chi connectivity index (χ2n) is 6.93. The van der Waals surface area contributed by atoms with Crippen LogP contribution in [0.3, 0.4) is 0 Å². The Bertz CT molecular complexity index is 810. The molecule has 1 atom stereocenters. The molecule has 138 valence electrons. The molecule has 0 saturated carbocycles. The maximum absolute atomic E-state index is 12.8. The highest BCUT2D eigenvalue weighted by molar-refractivity contribution is 9.10. The van der Waals surface area contributed by atoms with Crippen LogP contribution in [0.2, 0.25) is 0 Å². The van der Waals surface area contributed by atoms with Gasteiger partial charge in [-0.2, -0.15) is 0 Å². The van der Waals surface area contributed by atoms with Gasteiger partial charge in [-0.25, -0.2) is 0 Å². The Morgan fingerprint density at radius 3 is 2.54 bits per heavy atom. The zero-order chi connectivity index (χ0) is 18.8. The van der Waals surface area contributed by atoms with Crippen molar-refractivity contribution in [2.75, 3.05) is 20.1 Å². The summed E-state index contributed by atoms with van der Waals surface area (Å²) in [6.07, 6.45) is 1.93. The van der Waals surface area contributed by atoms with E-state index in [1.54, 1.807) is 19.2 Å². The van der Waals surface area contributed by atoms with Crippen LogP contribution in [0.1, 0.15) is 46.1 Å². The smallest absolute Gasteiger partial charge is 0.289 e. The van der Waals surface area contributed by atoms with Gasteiger partial charge in [-0.05, 0) is 60.3 Å². The molecule has 2 amide bonds. The Kier molecular flexibility index (Phi) is 5.51. The minimum absolute atomic E-state index is 0.0341. The van der Waals surface area contributed by atoms with E-state index < -0.39 is 0 Å². The number of hydrogen-bond donors (Lipinski definition) is 0. The largest absolute Gasteiger partial charge is 0.444 e. The molecule has 2 aromatic rings. The number of amides is 2. The van der Waals surface area contributed by atoms with Gasteiger partial charge in [-0.3, -0.25) is 9.59 Å². The molecule has 0 aliphatic carbocycles. The van der Waals surface area contributed by atoms with E-state index in [9.17, 15) is 9.59 Å². The Morgan fingerprint density at radius 1 is 1.23 bits per heavy atom. The number of nitrogens with zero attached hydrogens (tertiary/aromatic N) is 2. The molecule has 1 aliphatic rings. The van der Waals surface area contributed by atoms with E-state index in [2.05, 4.69) is 48.0 Å². The third kappa shape index (κ3) is 4.01. The first-order valence-electron chi connectivity index (χ1n) is 8.73. The Balaban J connectivity index is 1.71. The molecule has 1 saturated heterocycles. The van der Waals surface area contributed by atoms with Gasteiger partial charge >= 0.3 is 0 Å². The Hall–Kier alpha value is -2.08. The summed E-state index contributed by atoms with van der Waals surface area (Å²) in [6, 6.07) is 9.79. The van der Waals surface area contributed by atoms with Crippen LogP contribution in [0.25, 0.3) is 0 Å². The lowest BCUT2D eigenvalue weighted by atomic mass is 9.99. The lowest BCUT2D eigenvalue weighted by Gasteiger charge is -2.27. The minimum atomic E-state index is -0.300. The van der Waals surface area contributed by atoms with Crippen molar-refractivity contribution >= 4 is 27.7 Å². The van der Waals surface area contributed by atoms with Crippen LogP contribution in [-0.4, -0.2) is 41.8 Å². The van der Waals surface area contributed by atoms with Crippen molar-refractivity contribution in [3.63, 3.8) is 0 Å². The van der Waals surface area contributed by atoms with Gasteiger partial charge in [0.15, 0.2) is 10.4 Å². The van der Waals surface area contributed by atoms with Crippen LogP contribution >= 0.6 is 15.9 Å². The van der Waals surface area contributed by atoms with Gasteiger partial charge < -0.3 is 14.2 Å². The monoisotopic (exact) mass is 418 g/mol. The van der Waals surface area contributed by atoms with Gasteiger partial charge in [-0.1, -0.05) is 29.3 Å². The quantitative estimate of drug-likeness (QED) is 0.750. The Morgan fingerprint density at radius 2 is 1.92 bits per heavy atom. The molecule has 26 heavy (non-hydrogen) atoms. The van der Waals surface area contributed by atoms with Gasteiger partial charge in [0.25, 0.3) is 5.91 Å². The molecule has 1 unspecified atom stereocenters. The second-order valence-corrected chi connectivity index (χ2v) is 7.71. The van der Waals surface area contributed by atoms with Crippen LogP contribution in [0.4, 0.5) is 0 Å². The first-order valence-corrected chi connectivity index (χ1v) is 9.53. The highest BCUT2D eigenvalue weighted by Gasteiger charge is 2.31. The number of furan rings is 1. The summed E-state index contributed by atoms with van der Waals surface area (Å²) in [7, 11) is 1.62. The van der Waals surface area contributed by atoms with E-state index in [4.69, 9.17) is 4.42 Å². The number of hydrogen-bond acceptors (Lipinski definition) is 3. The summed E-state index contributed by atoms with van der Waals surface area (Å²) in [4.78, 5) is 28.5. The van der Waals surface area contributed by atoms with Crippen molar-refractivity contribution < 1.29 is 14.0 Å². The summed E-state index contributed by atoms with van der Waals surface area (Å²) >= 11 is 3.19. The molecule has 6 heteroatoms. The molecule has 3 rings (SSSR count). The predicted octanol–water partition coefficient (Wildman–Crippen LogP) is 4.09. The van der Waals surface area contributed by atoms with Crippen LogP contribution < -0.4 is 0 Å². The molecule has 0 radical (unpaired) electrons. The standard InChI is InChI=1S/C20H23BrN2O3/c1-13-9-14(2)11-15(10-13)16-5-4-8-23(16)19(24)12-22(3)20(25)17-6-7-18(21)26-17/h6-7,9-11,16H,4-5,8,12H2,1-3H3. The average molecular weight is 419 g/mol. The first-order chi connectivity index (χ1) is 12.3. The summed E-state index contributed by atoms with van der Waals surface area (Å²) in [6.45, 7) is 4.92. The van der Waals surface area contributed by atoms with Crippen LogP contribution in [0, 0.1) is 13.8 Å². The average Bonchev–Trinajstić information content (AvgIpc) is 3.22. The van der Waals surface area contributed by atoms with Crippen molar-refractivity contribution in [3.8, 4) is 0 Å². The third-order valence-electron chi connectivity index (χ3n) is 4.71. The zero-order valence-corrected chi connectivity index (χ0v) is 16.9. The third-order valence-corrected chi connectivity index (χ3v) is 5.13. The number of likely N-dealkylation sites (tertiary alicyclic amines) is 1. The fourth-order valence-electron chi connectivity index (χ4n) is 3.60. The number of halogens is 1. The lowest BCUT2D eigenvalue weighted by molar-refractivity contribution is -0.132. The van der Waals surface area contributed by atoms with Gasteiger partial charge in [0.2, 0.25) is 5.91 Å². The lowest BCUT2D eigenvalue weighted by Crippen LogP contribution is -2.40. The van der Waals surface area contributed by atoms with Crippen LogP contribution in [0.5, 0.6) is 0 Å². The maximum atomic E-state index is 12.8. The van der Waals surface area contributed by atoms with Gasteiger partial charge in [0.05, 0.1) is 12.6 Å². The highest BCUT2D eigenvalue weighted by atomic mass is 79.9. The number of aryl methyl sites for hydroxylation is 2. The van der Waals surface area contributed by atoms with E-state index in [1.165, 1.54) is 21.6 Å². The van der Waals surface area contributed by atoms with Crippen molar-refractivity contribution in [1.82, 2.24) is 9.80 Å². The molecular weight excluding hydrogens is 396 g/mol. The SMILES string of the molecule is Cc1cc(C)cc(C2CCCN2C(=O)CN(C)C(=O)c2ccc(Br)o2)c1. The van der Waals surface area contributed by atoms with Gasteiger partial charge in [0.1, 0.15) is 0 Å². The molecule has 1 aliphatic heterocycles. The van der Waals surface area contributed by atoms with Crippen molar-refractivity contribution in [3.05, 3.63) is 57.5 Å². The molecule has 1 fully saturated rings. The molecule has 5 nitrogen and oxygen atoms in total. The molecule has 0 bridgehead atoms. The summed E-state index contributed by atoms with van der Waals surface area (Å²) < 4.78 is 5.79. The summed E-state index contributed by atoms with van der Waals surface area (Å²) in [5.74, 6) is -0.112. The number of carbonyl (C=O) groups is 2. The predicted molar refractivity (Wildman–Crippen MR) is 103 cm³/mol. The fraction of sp³-hybridized carbons (Fsp3) is 0.400. The van der Waals surface area contributed by atoms with Gasteiger partial charge in [-0.15, -0.1) is 0 Å². The molecule has 1 aromatic heterocycles. The molecule has 2 heterocycles. The molecule has 0 spiro atoms. The van der Waals surface area contributed by atoms with Crippen LogP contribution in [-0.2, 0) is 4.79 Å². The topological polar surface area (TPSA) is 53.8 Å². The number of rotatable bonds is 4. The van der Waals surface area contributed by atoms with E-state index >= 15 is 0 Å². The normalized spacial score (nSPS) is 16.8. The summed E-state index contributed by atoms with van der Waals surface area (Å²) in [5, 5.41) is 0. The number of likely N-dealkylation sites (N-methyl/N-ethyl adjacent to an activating group) is 1. The highest BCUT2D eigenvalue weighted by Crippen LogP contribution is 2.33. The Labute approximate surface area is 162 Å². The summed E-state index contributed by atoms with van der Waals surface area (Å²) in [5.41, 5.74) is 3.59. The molecule has 1 aromatic carbocycles. The van der Waals surface area contributed by atoms with Crippen molar-refractivity contribution in [2.45, 2.75) is 32.7 Å². The second kappa shape index (κ2) is 7.66. The number of carbonyl (C=O) groups excluding carboxylic acids is 2. The minimum Gasteiger partial charge on any atom is -0.444 e. The maximum Gasteiger partial charge on any atom is 0.289 e. The molecule has 0 N–H and O–H groups in total. The van der Waals surface area contributed by atoms with Crippen molar-refractivity contribution in [1.29, 1.82) is 0 Å².